The van der Waals surface area contributed by atoms with Crippen molar-refractivity contribution in [2.45, 2.75) is 13.5 Å². The highest BCUT2D eigenvalue weighted by molar-refractivity contribution is 6.08. The van der Waals surface area contributed by atoms with Gasteiger partial charge in [0.05, 0.1) is 4.92 Å². The standard InChI is InChI=1S/C24H21N3O5/c1-17(28)25-23(15-19-8-5-9-21(14-19)27(30)31)24(29)26-20-10-12-22(13-11-20)32-16-18-6-3-2-4-7-18/h2-15H,16H2,1H3,(H,25,28)(H,26,29). The number of nitrogens with zero attached hydrogens (tertiary/aromatic N) is 1. The fourth-order valence-corrected chi connectivity index (χ4v) is 2.82. The number of anilines is 1. The van der Waals surface area contributed by atoms with Crippen LogP contribution in [0.3, 0.4) is 0 Å². The first-order chi connectivity index (χ1) is 15.4. The van der Waals surface area contributed by atoms with Gasteiger partial charge in [-0.25, -0.2) is 0 Å². The predicted octanol–water partition coefficient (Wildman–Crippen LogP) is 4.29. The Bertz CT molecular complexity index is 1140. The molecule has 0 aliphatic heterocycles. The number of ether oxygens (including phenoxy) is 1. The molecule has 32 heavy (non-hydrogen) atoms. The second-order valence-electron chi connectivity index (χ2n) is 6.84. The fraction of sp³-hybridized carbons (Fsp3) is 0.0833. The molecule has 3 aromatic carbocycles. The van der Waals surface area contributed by atoms with Gasteiger partial charge in [-0.1, -0.05) is 42.5 Å². The van der Waals surface area contributed by atoms with Gasteiger partial charge in [0, 0.05) is 24.7 Å². The topological polar surface area (TPSA) is 111 Å². The Morgan fingerprint density at radius 3 is 2.38 bits per heavy atom. The minimum Gasteiger partial charge on any atom is -0.489 e. The quantitative estimate of drug-likeness (QED) is 0.314. The Hall–Kier alpha value is -4.46. The molecule has 0 fully saturated rings. The maximum Gasteiger partial charge on any atom is 0.272 e. The van der Waals surface area contributed by atoms with Crippen molar-refractivity contribution in [3.63, 3.8) is 0 Å². The molecule has 0 heterocycles. The SMILES string of the molecule is CC(=O)NC(=Cc1cccc([N+](=O)[O-])c1)C(=O)Nc1ccc(OCc2ccccc2)cc1. The number of nitro benzene ring substituents is 1. The van der Waals surface area contributed by atoms with E-state index in [9.17, 15) is 19.7 Å². The summed E-state index contributed by atoms with van der Waals surface area (Å²) >= 11 is 0. The molecule has 0 bridgehead atoms. The Kier molecular flexibility index (Phi) is 7.32. The summed E-state index contributed by atoms with van der Waals surface area (Å²) in [5.41, 5.74) is 1.78. The van der Waals surface area contributed by atoms with Crippen LogP contribution in [0.25, 0.3) is 6.08 Å². The van der Waals surface area contributed by atoms with E-state index in [-0.39, 0.29) is 11.4 Å². The average molecular weight is 431 g/mol. The smallest absolute Gasteiger partial charge is 0.272 e. The molecule has 0 aromatic heterocycles. The van der Waals surface area contributed by atoms with E-state index in [4.69, 9.17) is 4.74 Å². The van der Waals surface area contributed by atoms with E-state index in [2.05, 4.69) is 10.6 Å². The van der Waals surface area contributed by atoms with Crippen LogP contribution in [0.2, 0.25) is 0 Å². The van der Waals surface area contributed by atoms with Crippen molar-refractivity contribution in [2.75, 3.05) is 5.32 Å². The van der Waals surface area contributed by atoms with Crippen molar-refractivity contribution >= 4 is 29.3 Å². The number of nitrogens with one attached hydrogen (secondary N) is 2. The Morgan fingerprint density at radius 2 is 1.72 bits per heavy atom. The van der Waals surface area contributed by atoms with Gasteiger partial charge in [-0.3, -0.25) is 19.7 Å². The number of benzene rings is 3. The molecule has 3 rings (SSSR count). The van der Waals surface area contributed by atoms with Gasteiger partial charge in [-0.15, -0.1) is 0 Å². The molecule has 0 aliphatic carbocycles. The van der Waals surface area contributed by atoms with Crippen molar-refractivity contribution in [2.24, 2.45) is 0 Å². The summed E-state index contributed by atoms with van der Waals surface area (Å²) in [6.07, 6.45) is 1.38. The molecule has 2 N–H and O–H groups in total. The summed E-state index contributed by atoms with van der Waals surface area (Å²) in [7, 11) is 0. The highest BCUT2D eigenvalue weighted by Gasteiger charge is 2.13. The van der Waals surface area contributed by atoms with E-state index in [1.807, 2.05) is 30.3 Å². The maximum absolute atomic E-state index is 12.7. The zero-order valence-corrected chi connectivity index (χ0v) is 17.3. The maximum atomic E-state index is 12.7. The third-order valence-corrected chi connectivity index (χ3v) is 4.31. The molecule has 8 heteroatoms. The first-order valence-corrected chi connectivity index (χ1v) is 9.72. The van der Waals surface area contributed by atoms with Crippen LogP contribution in [0, 0.1) is 10.1 Å². The summed E-state index contributed by atoms with van der Waals surface area (Å²) in [5, 5.41) is 16.1. The van der Waals surface area contributed by atoms with Gasteiger partial charge in [-0.05, 0) is 41.5 Å². The first-order valence-electron chi connectivity index (χ1n) is 9.72. The van der Waals surface area contributed by atoms with E-state index in [1.54, 1.807) is 30.3 Å². The largest absolute Gasteiger partial charge is 0.489 e. The van der Waals surface area contributed by atoms with Crippen molar-refractivity contribution in [3.05, 3.63) is 106 Å². The van der Waals surface area contributed by atoms with Crippen LogP contribution in [0.1, 0.15) is 18.1 Å². The molecule has 0 aliphatic rings. The van der Waals surface area contributed by atoms with E-state index < -0.39 is 16.7 Å². The monoisotopic (exact) mass is 431 g/mol. The summed E-state index contributed by atoms with van der Waals surface area (Å²) in [4.78, 5) is 34.7. The number of non-ortho nitro benzene ring substituents is 1. The third-order valence-electron chi connectivity index (χ3n) is 4.31. The molecule has 0 atom stereocenters. The number of hydrogen-bond donors (Lipinski definition) is 2. The lowest BCUT2D eigenvalue weighted by molar-refractivity contribution is -0.384. The van der Waals surface area contributed by atoms with Crippen LogP contribution in [0.15, 0.2) is 84.6 Å². The summed E-state index contributed by atoms with van der Waals surface area (Å²) in [5.74, 6) is -0.368. The van der Waals surface area contributed by atoms with Crippen LogP contribution in [-0.2, 0) is 16.2 Å². The van der Waals surface area contributed by atoms with Crippen molar-refractivity contribution in [3.8, 4) is 5.75 Å². The Morgan fingerprint density at radius 1 is 1.00 bits per heavy atom. The average Bonchev–Trinajstić information content (AvgIpc) is 2.79. The molecule has 2 amide bonds. The summed E-state index contributed by atoms with van der Waals surface area (Å²) < 4.78 is 5.73. The molecule has 0 spiro atoms. The molecule has 0 saturated carbocycles. The summed E-state index contributed by atoms with van der Waals surface area (Å²) in [6, 6.07) is 22.3. The molecule has 8 nitrogen and oxygen atoms in total. The molecular formula is C24H21N3O5. The number of rotatable bonds is 8. The van der Waals surface area contributed by atoms with Crippen LogP contribution < -0.4 is 15.4 Å². The second-order valence-corrected chi connectivity index (χ2v) is 6.84. The van der Waals surface area contributed by atoms with Crippen LogP contribution in [-0.4, -0.2) is 16.7 Å². The zero-order valence-electron chi connectivity index (χ0n) is 17.3. The number of carbonyl (C=O) groups excluding carboxylic acids is 2. The van der Waals surface area contributed by atoms with Gasteiger partial charge in [-0.2, -0.15) is 0 Å². The van der Waals surface area contributed by atoms with Gasteiger partial charge in [0.2, 0.25) is 5.91 Å². The third kappa shape index (κ3) is 6.53. The normalized spacial score (nSPS) is 10.8. The first kappa shape index (κ1) is 22.2. The predicted molar refractivity (Wildman–Crippen MR) is 121 cm³/mol. The minimum absolute atomic E-state index is 0.0394. The number of hydrogen-bond acceptors (Lipinski definition) is 5. The fourth-order valence-electron chi connectivity index (χ4n) is 2.82. The van der Waals surface area contributed by atoms with Crippen LogP contribution in [0.4, 0.5) is 11.4 Å². The van der Waals surface area contributed by atoms with Gasteiger partial charge in [0.25, 0.3) is 11.6 Å². The van der Waals surface area contributed by atoms with Crippen molar-refractivity contribution < 1.29 is 19.2 Å². The minimum atomic E-state index is -0.565. The molecule has 162 valence electrons. The van der Waals surface area contributed by atoms with E-state index in [1.165, 1.54) is 31.2 Å². The number of carbonyl (C=O) groups is 2. The van der Waals surface area contributed by atoms with E-state index >= 15 is 0 Å². The molecule has 0 unspecified atom stereocenters. The van der Waals surface area contributed by atoms with E-state index in [0.29, 0.717) is 23.6 Å². The number of amides is 2. The highest BCUT2D eigenvalue weighted by atomic mass is 16.6. The van der Waals surface area contributed by atoms with Gasteiger partial charge in [0.15, 0.2) is 0 Å². The van der Waals surface area contributed by atoms with Crippen LogP contribution in [0.5, 0.6) is 5.75 Å². The second kappa shape index (κ2) is 10.5. The zero-order chi connectivity index (χ0) is 22.9. The Balaban J connectivity index is 1.70. The Labute approximate surface area is 184 Å². The highest BCUT2D eigenvalue weighted by Crippen LogP contribution is 2.19. The lowest BCUT2D eigenvalue weighted by atomic mass is 10.1. The van der Waals surface area contributed by atoms with E-state index in [0.717, 1.165) is 5.56 Å². The lowest BCUT2D eigenvalue weighted by Gasteiger charge is -2.11. The van der Waals surface area contributed by atoms with Gasteiger partial charge < -0.3 is 15.4 Å². The molecule has 0 radical (unpaired) electrons. The van der Waals surface area contributed by atoms with Crippen molar-refractivity contribution in [1.29, 1.82) is 0 Å². The molecule has 0 saturated heterocycles. The number of nitro groups is 1. The van der Waals surface area contributed by atoms with Gasteiger partial charge in [0.1, 0.15) is 18.1 Å². The van der Waals surface area contributed by atoms with Crippen LogP contribution >= 0.6 is 0 Å². The van der Waals surface area contributed by atoms with Gasteiger partial charge >= 0.3 is 0 Å². The molecular weight excluding hydrogens is 410 g/mol. The molecule has 3 aromatic rings. The lowest BCUT2D eigenvalue weighted by Crippen LogP contribution is -2.28. The summed E-state index contributed by atoms with van der Waals surface area (Å²) in [6.45, 7) is 1.69. The van der Waals surface area contributed by atoms with Crippen molar-refractivity contribution in [1.82, 2.24) is 5.32 Å².